The molecule has 0 saturated carbocycles. The molecule has 8 heteroatoms. The monoisotopic (exact) mass is 255 g/mol. The average molecular weight is 255 g/mol. The number of nitrogens with two attached hydrogens (primary N) is 1. The number of nitrogen functional groups attached to an aromatic ring is 1. The van der Waals surface area contributed by atoms with Gasteiger partial charge in [-0.2, -0.15) is 15.0 Å². The fourth-order valence-electron chi connectivity index (χ4n) is 1.34. The van der Waals surface area contributed by atoms with Crippen molar-refractivity contribution in [1.82, 2.24) is 15.0 Å². The van der Waals surface area contributed by atoms with E-state index in [0.717, 1.165) is 6.42 Å². The lowest BCUT2D eigenvalue weighted by atomic mass is 10.2. The first-order valence-corrected chi connectivity index (χ1v) is 5.76. The molecule has 1 aromatic rings. The minimum absolute atomic E-state index is 0.151. The van der Waals surface area contributed by atoms with Gasteiger partial charge in [-0.05, 0) is 6.42 Å². The highest BCUT2D eigenvalue weighted by molar-refractivity contribution is 5.42. The standard InChI is InChI=1S/C10H21N7O/c1-5-7(6-18-4)12-8-13-9(16-11)15-10(14-8)17(2)3/h7H,5-6,11H2,1-4H3,(H2,12,13,14,15,16). The second-order valence-corrected chi connectivity index (χ2v) is 4.03. The number of hydrogen-bond acceptors (Lipinski definition) is 8. The van der Waals surface area contributed by atoms with Crippen LogP contribution in [-0.4, -0.2) is 48.8 Å². The van der Waals surface area contributed by atoms with Gasteiger partial charge in [0.1, 0.15) is 0 Å². The molecule has 18 heavy (non-hydrogen) atoms. The molecule has 4 N–H and O–H groups in total. The van der Waals surface area contributed by atoms with E-state index in [-0.39, 0.29) is 6.04 Å². The van der Waals surface area contributed by atoms with Crippen LogP contribution in [0.4, 0.5) is 17.8 Å². The number of anilines is 3. The van der Waals surface area contributed by atoms with Gasteiger partial charge in [0, 0.05) is 21.2 Å². The van der Waals surface area contributed by atoms with Crippen LogP contribution in [-0.2, 0) is 4.74 Å². The highest BCUT2D eigenvalue weighted by atomic mass is 16.5. The van der Waals surface area contributed by atoms with Gasteiger partial charge in [-0.25, -0.2) is 5.84 Å². The summed E-state index contributed by atoms with van der Waals surface area (Å²) in [6, 6.07) is 0.151. The van der Waals surface area contributed by atoms with Gasteiger partial charge in [0.05, 0.1) is 12.6 Å². The Kier molecular flexibility index (Phi) is 5.53. The first kappa shape index (κ1) is 14.4. The molecule has 0 spiro atoms. The van der Waals surface area contributed by atoms with Crippen molar-refractivity contribution in [2.75, 3.05) is 43.5 Å². The van der Waals surface area contributed by atoms with Crippen molar-refractivity contribution in [2.45, 2.75) is 19.4 Å². The van der Waals surface area contributed by atoms with Crippen LogP contribution in [0.3, 0.4) is 0 Å². The molecule has 8 nitrogen and oxygen atoms in total. The first-order chi connectivity index (χ1) is 8.60. The van der Waals surface area contributed by atoms with Gasteiger partial charge >= 0.3 is 0 Å². The molecule has 102 valence electrons. The molecule has 0 aromatic carbocycles. The van der Waals surface area contributed by atoms with Gasteiger partial charge in [0.15, 0.2) is 0 Å². The van der Waals surface area contributed by atoms with E-state index in [2.05, 4.69) is 32.6 Å². The molecular weight excluding hydrogens is 234 g/mol. The fraction of sp³-hybridized carbons (Fsp3) is 0.700. The van der Waals surface area contributed by atoms with Gasteiger partial charge in [-0.1, -0.05) is 6.92 Å². The third-order valence-electron chi connectivity index (χ3n) is 2.35. The predicted molar refractivity (Wildman–Crippen MR) is 71.5 cm³/mol. The lowest BCUT2D eigenvalue weighted by molar-refractivity contribution is 0.184. The van der Waals surface area contributed by atoms with Crippen molar-refractivity contribution in [3.63, 3.8) is 0 Å². The smallest absolute Gasteiger partial charge is 0.243 e. The molecule has 1 heterocycles. The number of hydrazine groups is 1. The largest absolute Gasteiger partial charge is 0.383 e. The van der Waals surface area contributed by atoms with Crippen molar-refractivity contribution >= 4 is 17.8 Å². The number of nitrogens with one attached hydrogen (secondary N) is 2. The summed E-state index contributed by atoms with van der Waals surface area (Å²) in [4.78, 5) is 14.4. The van der Waals surface area contributed by atoms with E-state index >= 15 is 0 Å². The number of rotatable bonds is 7. The van der Waals surface area contributed by atoms with Crippen LogP contribution in [0.5, 0.6) is 0 Å². The van der Waals surface area contributed by atoms with E-state index in [9.17, 15) is 0 Å². The minimum atomic E-state index is 0.151. The maximum absolute atomic E-state index is 5.34. The molecule has 1 atom stereocenters. The van der Waals surface area contributed by atoms with Crippen LogP contribution in [0.1, 0.15) is 13.3 Å². The first-order valence-electron chi connectivity index (χ1n) is 5.76. The summed E-state index contributed by atoms with van der Waals surface area (Å²) < 4.78 is 5.12. The summed E-state index contributed by atoms with van der Waals surface area (Å²) >= 11 is 0. The van der Waals surface area contributed by atoms with Crippen LogP contribution in [0.25, 0.3) is 0 Å². The van der Waals surface area contributed by atoms with Gasteiger partial charge < -0.3 is 15.0 Å². The fourth-order valence-corrected chi connectivity index (χ4v) is 1.34. The average Bonchev–Trinajstić information content (AvgIpc) is 2.37. The van der Waals surface area contributed by atoms with E-state index in [1.165, 1.54) is 0 Å². The molecule has 0 aliphatic carbocycles. The topological polar surface area (TPSA) is 101 Å². The molecule has 0 saturated heterocycles. The van der Waals surface area contributed by atoms with Gasteiger partial charge in [0.2, 0.25) is 17.8 Å². The number of nitrogens with zero attached hydrogens (tertiary/aromatic N) is 4. The maximum Gasteiger partial charge on any atom is 0.243 e. The Morgan fingerprint density at radius 1 is 1.28 bits per heavy atom. The van der Waals surface area contributed by atoms with Gasteiger partial charge in [-0.15, -0.1) is 0 Å². The van der Waals surface area contributed by atoms with E-state index in [0.29, 0.717) is 24.5 Å². The highest BCUT2D eigenvalue weighted by Gasteiger charge is 2.11. The van der Waals surface area contributed by atoms with Crippen molar-refractivity contribution in [2.24, 2.45) is 5.84 Å². The number of hydrogen-bond donors (Lipinski definition) is 3. The zero-order valence-electron chi connectivity index (χ0n) is 11.3. The molecular formula is C10H21N7O. The molecule has 1 unspecified atom stereocenters. The Hall–Kier alpha value is -1.67. The van der Waals surface area contributed by atoms with Crippen molar-refractivity contribution in [3.8, 4) is 0 Å². The zero-order chi connectivity index (χ0) is 13.5. The second kappa shape index (κ2) is 6.92. The molecule has 0 bridgehead atoms. The molecule has 0 aliphatic heterocycles. The molecule has 0 radical (unpaired) electrons. The van der Waals surface area contributed by atoms with Crippen molar-refractivity contribution in [3.05, 3.63) is 0 Å². The second-order valence-electron chi connectivity index (χ2n) is 4.03. The van der Waals surface area contributed by atoms with Crippen LogP contribution in [0.2, 0.25) is 0 Å². The quantitative estimate of drug-likeness (QED) is 0.464. The summed E-state index contributed by atoms with van der Waals surface area (Å²) in [5.74, 6) is 6.67. The maximum atomic E-state index is 5.34. The normalized spacial score (nSPS) is 12.1. The number of ether oxygens (including phenoxy) is 1. The third-order valence-corrected chi connectivity index (χ3v) is 2.35. The predicted octanol–water partition coefficient (Wildman–Crippen LogP) is 0.0601. The highest BCUT2D eigenvalue weighted by Crippen LogP contribution is 2.12. The number of methoxy groups -OCH3 is 1. The summed E-state index contributed by atoms with van der Waals surface area (Å²) in [6.45, 7) is 2.65. The molecule has 0 aliphatic rings. The molecule has 1 rings (SSSR count). The van der Waals surface area contributed by atoms with Crippen molar-refractivity contribution in [1.29, 1.82) is 0 Å². The zero-order valence-corrected chi connectivity index (χ0v) is 11.3. The van der Waals surface area contributed by atoms with Gasteiger partial charge in [0.25, 0.3) is 0 Å². The Morgan fingerprint density at radius 3 is 2.44 bits per heavy atom. The van der Waals surface area contributed by atoms with Gasteiger partial charge in [-0.3, -0.25) is 5.43 Å². The Balaban J connectivity index is 2.89. The molecule has 0 amide bonds. The molecule has 1 aromatic heterocycles. The van der Waals surface area contributed by atoms with Crippen LogP contribution in [0.15, 0.2) is 0 Å². The van der Waals surface area contributed by atoms with E-state index < -0.39 is 0 Å². The third kappa shape index (κ3) is 3.97. The summed E-state index contributed by atoms with van der Waals surface area (Å²) in [5, 5.41) is 3.19. The Morgan fingerprint density at radius 2 is 1.94 bits per heavy atom. The van der Waals surface area contributed by atoms with E-state index in [4.69, 9.17) is 10.6 Å². The van der Waals surface area contributed by atoms with Crippen molar-refractivity contribution < 1.29 is 4.74 Å². The van der Waals surface area contributed by atoms with E-state index in [1.807, 2.05) is 14.1 Å². The summed E-state index contributed by atoms with van der Waals surface area (Å²) in [5.41, 5.74) is 2.43. The van der Waals surface area contributed by atoms with Crippen LogP contribution in [0, 0.1) is 0 Å². The van der Waals surface area contributed by atoms with Crippen LogP contribution >= 0.6 is 0 Å². The lowest BCUT2D eigenvalue weighted by Gasteiger charge is -2.18. The Bertz CT molecular complexity index is 371. The lowest BCUT2D eigenvalue weighted by Crippen LogP contribution is -2.26. The number of aromatic nitrogens is 3. The van der Waals surface area contributed by atoms with Crippen LogP contribution < -0.4 is 21.5 Å². The SMILES string of the molecule is CCC(COC)Nc1nc(NN)nc(N(C)C)n1. The van der Waals surface area contributed by atoms with E-state index in [1.54, 1.807) is 12.0 Å². The Labute approximate surface area is 107 Å². The summed E-state index contributed by atoms with van der Waals surface area (Å²) in [6.07, 6.45) is 0.905. The minimum Gasteiger partial charge on any atom is -0.383 e. The molecule has 0 fully saturated rings. The summed E-state index contributed by atoms with van der Waals surface area (Å²) in [7, 11) is 5.37.